The molecule has 0 unspecified atom stereocenters. The third-order valence-electron chi connectivity index (χ3n) is 4.12. The van der Waals surface area contributed by atoms with Gasteiger partial charge in [-0.05, 0) is 44.0 Å². The molecular weight excluding hydrogens is 320 g/mol. The lowest BCUT2D eigenvalue weighted by Crippen LogP contribution is -2.38. The third kappa shape index (κ3) is 4.14. The number of aryl methyl sites for hydroxylation is 1. The van der Waals surface area contributed by atoms with E-state index in [1.165, 1.54) is 6.33 Å². The highest BCUT2D eigenvalue weighted by molar-refractivity contribution is 5.96. The molecule has 0 radical (unpaired) electrons. The van der Waals surface area contributed by atoms with Crippen LogP contribution in [0, 0.1) is 6.92 Å². The zero-order chi connectivity index (χ0) is 17.8. The first-order chi connectivity index (χ1) is 12.0. The van der Waals surface area contributed by atoms with Crippen molar-refractivity contribution >= 4 is 23.3 Å². The summed E-state index contributed by atoms with van der Waals surface area (Å²) in [6.07, 6.45) is 4.57. The Balaban J connectivity index is 1.58. The van der Waals surface area contributed by atoms with E-state index < -0.39 is 0 Å². The average molecular weight is 342 g/mol. The average Bonchev–Trinajstić information content (AvgIpc) is 3.19. The molecule has 0 saturated carbocycles. The summed E-state index contributed by atoms with van der Waals surface area (Å²) in [7, 11) is 0. The molecule has 2 aromatic rings. The lowest BCUT2D eigenvalue weighted by atomic mass is 10.1. The topological polar surface area (TPSA) is 92.2 Å². The summed E-state index contributed by atoms with van der Waals surface area (Å²) in [6.45, 7) is 5.14. The molecule has 1 aromatic carbocycles. The summed E-state index contributed by atoms with van der Waals surface area (Å²) in [5.74, 6) is 0.156. The minimum atomic E-state index is -0.281. The first-order valence-corrected chi connectivity index (χ1v) is 8.34. The van der Waals surface area contributed by atoms with Crippen molar-refractivity contribution in [2.75, 3.05) is 16.8 Å². The van der Waals surface area contributed by atoms with Gasteiger partial charge in [0.25, 0.3) is 0 Å². The van der Waals surface area contributed by atoms with Gasteiger partial charge in [0.15, 0.2) is 0 Å². The van der Waals surface area contributed by atoms with Crippen LogP contribution in [0.4, 0.5) is 16.2 Å². The molecule has 3 rings (SSSR count). The van der Waals surface area contributed by atoms with Gasteiger partial charge < -0.3 is 15.5 Å². The van der Waals surface area contributed by atoms with Crippen LogP contribution in [0.3, 0.4) is 0 Å². The van der Waals surface area contributed by atoms with Gasteiger partial charge in [-0.15, -0.1) is 0 Å². The minimum absolute atomic E-state index is 0.0932. The molecule has 0 aliphatic carbocycles. The minimum Gasteiger partial charge on any atom is -0.334 e. The van der Waals surface area contributed by atoms with E-state index >= 15 is 0 Å². The summed E-state index contributed by atoms with van der Waals surface area (Å²) in [5.41, 5.74) is 2.56. The number of carbonyl (C=O) groups is 2. The molecule has 1 aliphatic heterocycles. The van der Waals surface area contributed by atoms with Gasteiger partial charge >= 0.3 is 6.03 Å². The molecule has 1 aliphatic rings. The van der Waals surface area contributed by atoms with E-state index in [-0.39, 0.29) is 18.0 Å². The van der Waals surface area contributed by atoms with Crippen molar-refractivity contribution < 1.29 is 9.59 Å². The van der Waals surface area contributed by atoms with Crippen molar-refractivity contribution in [3.8, 4) is 0 Å². The fourth-order valence-corrected chi connectivity index (χ4v) is 2.98. The Morgan fingerprint density at radius 2 is 2.24 bits per heavy atom. The van der Waals surface area contributed by atoms with Crippen LogP contribution in [0.5, 0.6) is 0 Å². The summed E-state index contributed by atoms with van der Waals surface area (Å²) in [5, 5.41) is 9.70. The van der Waals surface area contributed by atoms with Crippen LogP contribution >= 0.6 is 0 Å². The zero-order valence-electron chi connectivity index (χ0n) is 14.4. The van der Waals surface area contributed by atoms with Crippen LogP contribution in [0.25, 0.3) is 0 Å². The standard InChI is InChI=1S/C17H22N6O2/c1-12-8-14(5-6-15(12)23-7-3-4-16(23)24)21-17(25)20-13(2)9-22-11-18-10-19-22/h5-6,8,10-11,13H,3-4,7,9H2,1-2H3,(H2,20,21,25)/t13-/m0/s1. The molecule has 132 valence electrons. The van der Waals surface area contributed by atoms with Crippen molar-refractivity contribution in [1.29, 1.82) is 0 Å². The Labute approximate surface area is 146 Å². The van der Waals surface area contributed by atoms with Crippen molar-refractivity contribution in [2.45, 2.75) is 39.3 Å². The normalized spacial score (nSPS) is 15.3. The molecule has 1 fully saturated rings. The number of anilines is 2. The highest BCUT2D eigenvalue weighted by Gasteiger charge is 2.23. The number of amides is 3. The van der Waals surface area contributed by atoms with E-state index in [9.17, 15) is 9.59 Å². The Morgan fingerprint density at radius 1 is 1.40 bits per heavy atom. The first kappa shape index (κ1) is 16.9. The lowest BCUT2D eigenvalue weighted by molar-refractivity contribution is -0.117. The van der Waals surface area contributed by atoms with Crippen molar-refractivity contribution in [3.05, 3.63) is 36.4 Å². The predicted octanol–water partition coefficient (Wildman–Crippen LogP) is 1.92. The third-order valence-corrected chi connectivity index (χ3v) is 4.12. The molecule has 3 amide bonds. The van der Waals surface area contributed by atoms with Gasteiger partial charge in [0.1, 0.15) is 12.7 Å². The van der Waals surface area contributed by atoms with Crippen LogP contribution in [0.2, 0.25) is 0 Å². The molecule has 8 nitrogen and oxygen atoms in total. The number of hydrogen-bond donors (Lipinski definition) is 2. The van der Waals surface area contributed by atoms with Gasteiger partial charge in [0.2, 0.25) is 5.91 Å². The maximum absolute atomic E-state index is 12.1. The number of nitrogens with one attached hydrogen (secondary N) is 2. The van der Waals surface area contributed by atoms with E-state index in [1.807, 2.05) is 32.0 Å². The first-order valence-electron chi connectivity index (χ1n) is 8.34. The second-order valence-corrected chi connectivity index (χ2v) is 6.27. The number of aromatic nitrogens is 3. The molecule has 1 aromatic heterocycles. The second-order valence-electron chi connectivity index (χ2n) is 6.27. The zero-order valence-corrected chi connectivity index (χ0v) is 14.4. The molecular formula is C17H22N6O2. The number of hydrogen-bond acceptors (Lipinski definition) is 4. The predicted molar refractivity (Wildman–Crippen MR) is 94.4 cm³/mol. The van der Waals surface area contributed by atoms with E-state index in [2.05, 4.69) is 20.7 Å². The van der Waals surface area contributed by atoms with Crippen molar-refractivity contribution in [3.63, 3.8) is 0 Å². The molecule has 2 heterocycles. The molecule has 8 heteroatoms. The second kappa shape index (κ2) is 7.33. The van der Waals surface area contributed by atoms with Gasteiger partial charge in [-0.2, -0.15) is 5.10 Å². The van der Waals surface area contributed by atoms with Gasteiger partial charge in [-0.3, -0.25) is 9.48 Å². The fourth-order valence-electron chi connectivity index (χ4n) is 2.98. The Morgan fingerprint density at radius 3 is 2.88 bits per heavy atom. The Bertz CT molecular complexity index is 759. The number of nitrogens with zero attached hydrogens (tertiary/aromatic N) is 4. The Hall–Kier alpha value is -2.90. The number of carbonyl (C=O) groups excluding carboxylic acids is 2. The fraction of sp³-hybridized carbons (Fsp3) is 0.412. The van der Waals surface area contributed by atoms with Gasteiger partial charge in [-0.25, -0.2) is 9.78 Å². The van der Waals surface area contributed by atoms with Gasteiger partial charge in [0.05, 0.1) is 6.54 Å². The Kier molecular flexibility index (Phi) is 4.97. The van der Waals surface area contributed by atoms with Crippen LogP contribution in [-0.4, -0.2) is 39.3 Å². The van der Waals surface area contributed by atoms with Crippen LogP contribution in [0.1, 0.15) is 25.3 Å². The molecule has 0 spiro atoms. The summed E-state index contributed by atoms with van der Waals surface area (Å²) < 4.78 is 1.66. The SMILES string of the molecule is Cc1cc(NC(=O)N[C@@H](C)Cn2cncn2)ccc1N1CCCC1=O. The molecule has 1 atom stereocenters. The number of rotatable bonds is 5. The number of urea groups is 1. The highest BCUT2D eigenvalue weighted by Crippen LogP contribution is 2.27. The van der Waals surface area contributed by atoms with Crippen LogP contribution < -0.4 is 15.5 Å². The van der Waals surface area contributed by atoms with Crippen LogP contribution in [0.15, 0.2) is 30.9 Å². The van der Waals surface area contributed by atoms with E-state index in [1.54, 1.807) is 15.9 Å². The van der Waals surface area contributed by atoms with E-state index in [0.717, 1.165) is 24.2 Å². The maximum Gasteiger partial charge on any atom is 0.319 e. The quantitative estimate of drug-likeness (QED) is 0.868. The van der Waals surface area contributed by atoms with E-state index in [4.69, 9.17) is 0 Å². The molecule has 0 bridgehead atoms. The lowest BCUT2D eigenvalue weighted by Gasteiger charge is -2.19. The van der Waals surface area contributed by atoms with E-state index in [0.29, 0.717) is 18.7 Å². The van der Waals surface area contributed by atoms with Gasteiger partial charge in [-0.1, -0.05) is 0 Å². The monoisotopic (exact) mass is 342 g/mol. The summed E-state index contributed by atoms with van der Waals surface area (Å²) in [6, 6.07) is 5.20. The maximum atomic E-state index is 12.1. The van der Waals surface area contributed by atoms with Gasteiger partial charge in [0, 0.05) is 30.4 Å². The van der Waals surface area contributed by atoms with Crippen molar-refractivity contribution in [2.24, 2.45) is 0 Å². The smallest absolute Gasteiger partial charge is 0.319 e. The molecule has 1 saturated heterocycles. The molecule has 25 heavy (non-hydrogen) atoms. The largest absolute Gasteiger partial charge is 0.334 e. The summed E-state index contributed by atoms with van der Waals surface area (Å²) >= 11 is 0. The molecule has 2 N–H and O–H groups in total. The van der Waals surface area contributed by atoms with Crippen LogP contribution in [-0.2, 0) is 11.3 Å². The number of benzene rings is 1. The summed E-state index contributed by atoms with van der Waals surface area (Å²) in [4.78, 5) is 29.7. The highest BCUT2D eigenvalue weighted by atomic mass is 16.2. The van der Waals surface area contributed by atoms with Crippen molar-refractivity contribution in [1.82, 2.24) is 20.1 Å².